The van der Waals surface area contributed by atoms with Crippen LogP contribution in [0.25, 0.3) is 0 Å². The molecule has 1 heterocycles. The van der Waals surface area contributed by atoms with Gasteiger partial charge < -0.3 is 10.1 Å². The summed E-state index contributed by atoms with van der Waals surface area (Å²) in [6.07, 6.45) is 1.32. The Morgan fingerprint density at radius 1 is 1.33 bits per heavy atom. The average Bonchev–Trinajstić information content (AvgIpc) is 2.78. The van der Waals surface area contributed by atoms with Crippen LogP contribution < -0.4 is 10.1 Å². The van der Waals surface area contributed by atoms with Gasteiger partial charge in [-0.15, -0.1) is 12.4 Å². The fourth-order valence-corrected chi connectivity index (χ4v) is 2.50. The molecule has 0 aliphatic carbocycles. The second kappa shape index (κ2) is 7.62. The molecular formula is C14H23ClN2O. The van der Waals surface area contributed by atoms with Crippen LogP contribution in [-0.2, 0) is 6.54 Å². The number of ether oxygens (including phenoxy) is 1. The lowest BCUT2D eigenvalue weighted by Crippen LogP contribution is -2.24. The third-order valence-corrected chi connectivity index (χ3v) is 3.43. The van der Waals surface area contributed by atoms with Crippen molar-refractivity contribution >= 4 is 12.4 Å². The predicted molar refractivity (Wildman–Crippen MR) is 77.6 cm³/mol. The lowest BCUT2D eigenvalue weighted by molar-refractivity contribution is 0.315. The molecule has 1 atom stereocenters. The maximum Gasteiger partial charge on any atom is 0.118 e. The van der Waals surface area contributed by atoms with E-state index in [2.05, 4.69) is 22.3 Å². The van der Waals surface area contributed by atoms with Crippen molar-refractivity contribution in [2.45, 2.75) is 13.0 Å². The number of hydrogen-bond donors (Lipinski definition) is 1. The van der Waals surface area contributed by atoms with E-state index >= 15 is 0 Å². The van der Waals surface area contributed by atoms with Crippen molar-refractivity contribution in [2.24, 2.45) is 5.92 Å². The minimum absolute atomic E-state index is 0. The number of methoxy groups -OCH3 is 1. The van der Waals surface area contributed by atoms with Gasteiger partial charge in [0.15, 0.2) is 0 Å². The highest BCUT2D eigenvalue weighted by atomic mass is 35.5. The second-order valence-corrected chi connectivity index (χ2v) is 4.80. The van der Waals surface area contributed by atoms with Crippen molar-refractivity contribution in [3.8, 4) is 5.75 Å². The van der Waals surface area contributed by atoms with Gasteiger partial charge in [0.1, 0.15) is 5.75 Å². The molecule has 1 aromatic carbocycles. The highest BCUT2D eigenvalue weighted by Gasteiger charge is 2.21. The highest BCUT2D eigenvalue weighted by Crippen LogP contribution is 2.19. The van der Waals surface area contributed by atoms with Crippen LogP contribution in [-0.4, -0.2) is 38.7 Å². The number of nitrogens with zero attached hydrogens (tertiary/aromatic N) is 1. The lowest BCUT2D eigenvalue weighted by atomic mass is 10.1. The summed E-state index contributed by atoms with van der Waals surface area (Å²) in [5.41, 5.74) is 1.37. The molecule has 1 aromatic rings. The first-order chi connectivity index (χ1) is 8.31. The van der Waals surface area contributed by atoms with Gasteiger partial charge in [-0.1, -0.05) is 12.1 Å². The highest BCUT2D eigenvalue weighted by molar-refractivity contribution is 5.85. The zero-order valence-electron chi connectivity index (χ0n) is 11.2. The summed E-state index contributed by atoms with van der Waals surface area (Å²) in [7, 11) is 3.74. The number of likely N-dealkylation sites (tertiary alicyclic amines) is 1. The number of rotatable bonds is 5. The van der Waals surface area contributed by atoms with E-state index in [1.165, 1.54) is 25.1 Å². The van der Waals surface area contributed by atoms with Gasteiger partial charge in [-0.2, -0.15) is 0 Å². The standard InChI is InChI=1S/C14H22N2O.ClH/c1-15-9-13-7-8-16(11-13)10-12-3-5-14(17-2)6-4-12;/h3-6,13,15H,7-11H2,1-2H3;1H. The fourth-order valence-electron chi connectivity index (χ4n) is 2.50. The van der Waals surface area contributed by atoms with E-state index in [1.807, 2.05) is 19.2 Å². The Morgan fingerprint density at radius 2 is 2.06 bits per heavy atom. The van der Waals surface area contributed by atoms with Crippen molar-refractivity contribution in [1.29, 1.82) is 0 Å². The molecule has 0 bridgehead atoms. The largest absolute Gasteiger partial charge is 0.497 e. The summed E-state index contributed by atoms with van der Waals surface area (Å²) in [4.78, 5) is 2.53. The van der Waals surface area contributed by atoms with E-state index < -0.39 is 0 Å². The van der Waals surface area contributed by atoms with Gasteiger partial charge in [0, 0.05) is 13.1 Å². The van der Waals surface area contributed by atoms with Gasteiger partial charge in [0.2, 0.25) is 0 Å². The smallest absolute Gasteiger partial charge is 0.118 e. The van der Waals surface area contributed by atoms with Crippen molar-refractivity contribution in [3.05, 3.63) is 29.8 Å². The first-order valence-corrected chi connectivity index (χ1v) is 6.31. The van der Waals surface area contributed by atoms with Crippen molar-refractivity contribution < 1.29 is 4.74 Å². The van der Waals surface area contributed by atoms with Crippen LogP contribution in [0.1, 0.15) is 12.0 Å². The zero-order chi connectivity index (χ0) is 12.1. The predicted octanol–water partition coefficient (Wildman–Crippen LogP) is 2.16. The molecule has 2 rings (SSSR count). The summed E-state index contributed by atoms with van der Waals surface area (Å²) in [5.74, 6) is 1.75. The number of hydrogen-bond acceptors (Lipinski definition) is 3. The first kappa shape index (κ1) is 15.3. The fraction of sp³-hybridized carbons (Fsp3) is 0.571. The molecule has 0 spiro atoms. The maximum atomic E-state index is 5.17. The molecule has 0 saturated carbocycles. The van der Waals surface area contributed by atoms with E-state index in [0.717, 1.165) is 24.8 Å². The summed E-state index contributed by atoms with van der Waals surface area (Å²) in [5, 5.41) is 3.27. The van der Waals surface area contributed by atoms with Crippen LogP contribution >= 0.6 is 12.4 Å². The summed E-state index contributed by atoms with van der Waals surface area (Å²) in [6, 6.07) is 8.39. The first-order valence-electron chi connectivity index (χ1n) is 6.31. The number of nitrogens with one attached hydrogen (secondary N) is 1. The molecule has 1 unspecified atom stereocenters. The van der Waals surface area contributed by atoms with Crippen molar-refractivity contribution in [1.82, 2.24) is 10.2 Å². The Balaban J connectivity index is 0.00000162. The van der Waals surface area contributed by atoms with Gasteiger partial charge in [-0.05, 0) is 50.2 Å². The van der Waals surface area contributed by atoms with Crippen molar-refractivity contribution in [3.63, 3.8) is 0 Å². The molecule has 18 heavy (non-hydrogen) atoms. The Kier molecular flexibility index (Phi) is 6.47. The lowest BCUT2D eigenvalue weighted by Gasteiger charge is -2.16. The maximum absolute atomic E-state index is 5.17. The normalized spacial score (nSPS) is 19.6. The van der Waals surface area contributed by atoms with Crippen molar-refractivity contribution in [2.75, 3.05) is 33.8 Å². The minimum Gasteiger partial charge on any atom is -0.497 e. The third kappa shape index (κ3) is 4.16. The molecule has 102 valence electrons. The topological polar surface area (TPSA) is 24.5 Å². The van der Waals surface area contributed by atoms with Crippen LogP contribution in [0, 0.1) is 5.92 Å². The van der Waals surface area contributed by atoms with Gasteiger partial charge in [0.05, 0.1) is 7.11 Å². The second-order valence-electron chi connectivity index (χ2n) is 4.80. The van der Waals surface area contributed by atoms with Gasteiger partial charge >= 0.3 is 0 Å². The molecule has 1 saturated heterocycles. The molecule has 0 radical (unpaired) electrons. The Bertz CT molecular complexity index is 342. The number of halogens is 1. The summed E-state index contributed by atoms with van der Waals surface area (Å²) in [6.45, 7) is 4.63. The zero-order valence-corrected chi connectivity index (χ0v) is 12.0. The molecule has 1 N–H and O–H groups in total. The van der Waals surface area contributed by atoms with Gasteiger partial charge in [-0.25, -0.2) is 0 Å². The van der Waals surface area contributed by atoms with E-state index in [4.69, 9.17) is 4.74 Å². The average molecular weight is 271 g/mol. The van der Waals surface area contributed by atoms with E-state index in [0.29, 0.717) is 0 Å². The molecule has 4 heteroatoms. The molecule has 1 fully saturated rings. The Morgan fingerprint density at radius 3 is 2.67 bits per heavy atom. The van der Waals surface area contributed by atoms with Gasteiger partial charge in [-0.3, -0.25) is 4.90 Å². The molecule has 1 aliphatic heterocycles. The monoisotopic (exact) mass is 270 g/mol. The van der Waals surface area contributed by atoms with Crippen LogP contribution in [0.5, 0.6) is 5.75 Å². The third-order valence-electron chi connectivity index (χ3n) is 3.43. The van der Waals surface area contributed by atoms with Crippen LogP contribution in [0.4, 0.5) is 0 Å². The molecule has 1 aliphatic rings. The Hall–Kier alpha value is -0.770. The quantitative estimate of drug-likeness (QED) is 0.887. The SMILES string of the molecule is CNCC1CCN(Cc2ccc(OC)cc2)C1.Cl. The molecule has 0 amide bonds. The molecule has 0 aromatic heterocycles. The van der Waals surface area contributed by atoms with E-state index in [-0.39, 0.29) is 12.4 Å². The molecular weight excluding hydrogens is 248 g/mol. The van der Waals surface area contributed by atoms with Crippen LogP contribution in [0.2, 0.25) is 0 Å². The summed E-state index contributed by atoms with van der Waals surface area (Å²) < 4.78 is 5.17. The number of benzene rings is 1. The summed E-state index contributed by atoms with van der Waals surface area (Å²) >= 11 is 0. The van der Waals surface area contributed by atoms with Crippen LogP contribution in [0.3, 0.4) is 0 Å². The minimum atomic E-state index is 0. The van der Waals surface area contributed by atoms with E-state index in [1.54, 1.807) is 7.11 Å². The molecule has 3 nitrogen and oxygen atoms in total. The van der Waals surface area contributed by atoms with E-state index in [9.17, 15) is 0 Å². The Labute approximate surface area is 116 Å². The van der Waals surface area contributed by atoms with Gasteiger partial charge in [0.25, 0.3) is 0 Å². The van der Waals surface area contributed by atoms with Crippen LogP contribution in [0.15, 0.2) is 24.3 Å².